The number of hydrogen-bond donors (Lipinski definition) is 2. The second kappa shape index (κ2) is 7.53. The predicted octanol–water partition coefficient (Wildman–Crippen LogP) is 1.25. The minimum Gasteiger partial charge on any atom is -0.330 e. The average molecular weight is 313 g/mol. The zero-order chi connectivity index (χ0) is 16.0. The summed E-state index contributed by atoms with van der Waals surface area (Å²) >= 11 is 0. The van der Waals surface area contributed by atoms with Gasteiger partial charge in [-0.25, -0.2) is 12.7 Å². The number of carbonyl (C=O) groups is 1. The molecule has 3 N–H and O–H groups in total. The summed E-state index contributed by atoms with van der Waals surface area (Å²) in [7, 11) is -0.569. The van der Waals surface area contributed by atoms with Gasteiger partial charge < -0.3 is 11.1 Å². The Morgan fingerprint density at radius 2 is 2.05 bits per heavy atom. The molecule has 0 heterocycles. The van der Waals surface area contributed by atoms with Gasteiger partial charge in [0.15, 0.2) is 0 Å². The Bertz CT molecular complexity index is 585. The number of benzene rings is 1. The Morgan fingerprint density at radius 1 is 1.38 bits per heavy atom. The van der Waals surface area contributed by atoms with Crippen molar-refractivity contribution in [3.8, 4) is 0 Å². The van der Waals surface area contributed by atoms with Crippen LogP contribution in [0.2, 0.25) is 0 Å². The van der Waals surface area contributed by atoms with Crippen molar-refractivity contribution in [2.24, 2.45) is 11.7 Å². The topological polar surface area (TPSA) is 92.5 Å². The van der Waals surface area contributed by atoms with E-state index in [1.165, 1.54) is 26.2 Å². The van der Waals surface area contributed by atoms with Gasteiger partial charge in [0.2, 0.25) is 15.9 Å². The van der Waals surface area contributed by atoms with Crippen LogP contribution >= 0.6 is 0 Å². The number of nitrogens with two attached hydrogens (primary N) is 1. The normalized spacial score (nSPS) is 13.2. The van der Waals surface area contributed by atoms with Crippen molar-refractivity contribution < 1.29 is 13.2 Å². The Morgan fingerprint density at radius 3 is 2.62 bits per heavy atom. The third-order valence-corrected chi connectivity index (χ3v) is 4.98. The molecule has 1 aromatic carbocycles. The number of anilines is 1. The Hall–Kier alpha value is -1.44. The SMILES string of the molecule is CC(CCCN)C(=O)Nc1cccc(S(=O)(=O)N(C)C)c1. The van der Waals surface area contributed by atoms with Crippen molar-refractivity contribution >= 4 is 21.6 Å². The van der Waals surface area contributed by atoms with Gasteiger partial charge in [0.1, 0.15) is 0 Å². The van der Waals surface area contributed by atoms with Crippen LogP contribution in [-0.2, 0) is 14.8 Å². The smallest absolute Gasteiger partial charge is 0.242 e. The Labute approximate surface area is 126 Å². The number of nitrogens with one attached hydrogen (secondary N) is 1. The number of hydrogen-bond acceptors (Lipinski definition) is 4. The molecule has 1 amide bonds. The molecule has 1 atom stereocenters. The number of amides is 1. The lowest BCUT2D eigenvalue weighted by Crippen LogP contribution is -2.23. The molecule has 0 saturated heterocycles. The largest absolute Gasteiger partial charge is 0.330 e. The van der Waals surface area contributed by atoms with Gasteiger partial charge in [-0.3, -0.25) is 4.79 Å². The summed E-state index contributed by atoms with van der Waals surface area (Å²) in [6, 6.07) is 6.24. The van der Waals surface area contributed by atoms with E-state index in [2.05, 4.69) is 5.32 Å². The molecule has 0 aliphatic rings. The summed E-state index contributed by atoms with van der Waals surface area (Å²) in [5.74, 6) is -0.300. The highest BCUT2D eigenvalue weighted by Crippen LogP contribution is 2.19. The minimum absolute atomic E-state index is 0.136. The second-order valence-corrected chi connectivity index (χ2v) is 7.29. The van der Waals surface area contributed by atoms with E-state index in [0.29, 0.717) is 18.7 Å². The van der Waals surface area contributed by atoms with Crippen molar-refractivity contribution in [2.45, 2.75) is 24.7 Å². The predicted molar refractivity (Wildman–Crippen MR) is 83.4 cm³/mol. The van der Waals surface area contributed by atoms with Crippen LogP contribution in [0.3, 0.4) is 0 Å². The molecular weight excluding hydrogens is 290 g/mol. The lowest BCUT2D eigenvalue weighted by atomic mass is 10.0. The first-order chi connectivity index (χ1) is 9.78. The first kappa shape index (κ1) is 17.6. The molecule has 0 aromatic heterocycles. The van der Waals surface area contributed by atoms with Crippen LogP contribution in [0.5, 0.6) is 0 Å². The van der Waals surface area contributed by atoms with Crippen LogP contribution in [0.1, 0.15) is 19.8 Å². The maximum absolute atomic E-state index is 12.0. The molecule has 21 heavy (non-hydrogen) atoms. The third-order valence-electron chi connectivity index (χ3n) is 3.17. The molecule has 0 fully saturated rings. The molecule has 0 aliphatic heterocycles. The summed E-state index contributed by atoms with van der Waals surface area (Å²) < 4.78 is 25.2. The fraction of sp³-hybridized carbons (Fsp3) is 0.500. The van der Waals surface area contributed by atoms with E-state index >= 15 is 0 Å². The maximum atomic E-state index is 12.0. The summed E-state index contributed by atoms with van der Waals surface area (Å²) in [6.45, 7) is 2.37. The van der Waals surface area contributed by atoms with Crippen molar-refractivity contribution in [3.63, 3.8) is 0 Å². The molecule has 0 spiro atoms. The number of carbonyl (C=O) groups excluding carboxylic acids is 1. The van der Waals surface area contributed by atoms with Gasteiger partial charge in [-0.2, -0.15) is 0 Å². The van der Waals surface area contributed by atoms with Gasteiger partial charge in [0.05, 0.1) is 4.90 Å². The molecule has 1 rings (SSSR count). The van der Waals surface area contributed by atoms with E-state index in [9.17, 15) is 13.2 Å². The number of sulfonamides is 1. The standard InChI is InChI=1S/C14H23N3O3S/c1-11(6-5-9-15)14(18)16-12-7-4-8-13(10-12)21(19,20)17(2)3/h4,7-8,10-11H,5-6,9,15H2,1-3H3,(H,16,18). The monoisotopic (exact) mass is 313 g/mol. The van der Waals surface area contributed by atoms with Crippen LogP contribution in [-0.4, -0.2) is 39.3 Å². The summed E-state index contributed by atoms with van der Waals surface area (Å²) in [4.78, 5) is 12.2. The van der Waals surface area contributed by atoms with E-state index in [1.54, 1.807) is 12.1 Å². The zero-order valence-electron chi connectivity index (χ0n) is 12.7. The summed E-state index contributed by atoms with van der Waals surface area (Å²) in [5.41, 5.74) is 5.90. The van der Waals surface area contributed by atoms with E-state index < -0.39 is 10.0 Å². The molecule has 1 aromatic rings. The lowest BCUT2D eigenvalue weighted by molar-refractivity contribution is -0.119. The highest BCUT2D eigenvalue weighted by Gasteiger charge is 2.18. The minimum atomic E-state index is -3.50. The first-order valence-electron chi connectivity index (χ1n) is 6.82. The molecule has 6 nitrogen and oxygen atoms in total. The average Bonchev–Trinajstić information content (AvgIpc) is 2.44. The van der Waals surface area contributed by atoms with E-state index in [-0.39, 0.29) is 16.7 Å². The molecule has 1 unspecified atom stereocenters. The van der Waals surface area contributed by atoms with Crippen LogP contribution in [0, 0.1) is 5.92 Å². The van der Waals surface area contributed by atoms with Gasteiger partial charge in [-0.05, 0) is 37.6 Å². The van der Waals surface area contributed by atoms with Crippen LogP contribution in [0.25, 0.3) is 0 Å². The van der Waals surface area contributed by atoms with Crippen molar-refractivity contribution in [3.05, 3.63) is 24.3 Å². The van der Waals surface area contributed by atoms with Gasteiger partial charge in [0, 0.05) is 25.7 Å². The first-order valence-corrected chi connectivity index (χ1v) is 8.26. The second-order valence-electron chi connectivity index (χ2n) is 5.14. The fourth-order valence-electron chi connectivity index (χ4n) is 1.77. The third kappa shape index (κ3) is 4.80. The summed E-state index contributed by atoms with van der Waals surface area (Å²) in [6.07, 6.45) is 1.49. The number of nitrogens with zero attached hydrogens (tertiary/aromatic N) is 1. The van der Waals surface area contributed by atoms with Crippen molar-refractivity contribution in [1.29, 1.82) is 0 Å². The van der Waals surface area contributed by atoms with E-state index in [1.807, 2.05) is 6.92 Å². The van der Waals surface area contributed by atoms with Crippen molar-refractivity contribution in [2.75, 3.05) is 26.0 Å². The molecule has 0 radical (unpaired) electrons. The summed E-state index contributed by atoms with van der Waals surface area (Å²) in [5, 5.41) is 2.74. The molecule has 7 heteroatoms. The van der Waals surface area contributed by atoms with Gasteiger partial charge in [-0.1, -0.05) is 13.0 Å². The highest BCUT2D eigenvalue weighted by atomic mass is 32.2. The van der Waals surface area contributed by atoms with Crippen molar-refractivity contribution in [1.82, 2.24) is 4.31 Å². The van der Waals surface area contributed by atoms with Crippen LogP contribution in [0.4, 0.5) is 5.69 Å². The van der Waals surface area contributed by atoms with Gasteiger partial charge in [0.25, 0.3) is 0 Å². The zero-order valence-corrected chi connectivity index (χ0v) is 13.5. The fourth-order valence-corrected chi connectivity index (χ4v) is 2.71. The van der Waals surface area contributed by atoms with Gasteiger partial charge in [-0.15, -0.1) is 0 Å². The van der Waals surface area contributed by atoms with Gasteiger partial charge >= 0.3 is 0 Å². The molecule has 0 bridgehead atoms. The number of rotatable bonds is 7. The highest BCUT2D eigenvalue weighted by molar-refractivity contribution is 7.89. The Balaban J connectivity index is 2.85. The Kier molecular flexibility index (Phi) is 6.32. The molecule has 118 valence electrons. The molecular formula is C14H23N3O3S. The molecule has 0 aliphatic carbocycles. The quantitative estimate of drug-likeness (QED) is 0.792. The molecule has 0 saturated carbocycles. The maximum Gasteiger partial charge on any atom is 0.242 e. The van der Waals surface area contributed by atoms with Crippen LogP contribution in [0.15, 0.2) is 29.2 Å². The van der Waals surface area contributed by atoms with Crippen LogP contribution < -0.4 is 11.1 Å². The lowest BCUT2D eigenvalue weighted by Gasteiger charge is -2.14. The van der Waals surface area contributed by atoms with E-state index in [0.717, 1.165) is 10.7 Å². The van der Waals surface area contributed by atoms with E-state index in [4.69, 9.17) is 5.73 Å².